The third-order valence-electron chi connectivity index (χ3n) is 5.97. The number of hydrogen-bond acceptors (Lipinski definition) is 4. The van der Waals surface area contributed by atoms with E-state index >= 15 is 0 Å². The van der Waals surface area contributed by atoms with Crippen LogP contribution in [0.1, 0.15) is 42.0 Å². The summed E-state index contributed by atoms with van der Waals surface area (Å²) in [5.41, 5.74) is 3.85. The quantitative estimate of drug-likeness (QED) is 0.856. The standard InChI is InChI=1S/C21H24N4O/c26-21(25-10-7-15-3-1-2-4-17(15)12-25)18-8-9-24(13-18)20-11-19(16-5-6-16)22-14-23-20/h1-4,11,14,16,18H,5-10,12-13H2. The normalized spacial score (nSPS) is 22.4. The summed E-state index contributed by atoms with van der Waals surface area (Å²) in [6.45, 7) is 3.27. The number of nitrogens with zero attached hydrogens (tertiary/aromatic N) is 4. The molecule has 1 saturated heterocycles. The first-order valence-electron chi connectivity index (χ1n) is 9.70. The molecule has 1 unspecified atom stereocenters. The van der Waals surface area contributed by atoms with Gasteiger partial charge in [-0.15, -0.1) is 0 Å². The van der Waals surface area contributed by atoms with E-state index < -0.39 is 0 Å². The third kappa shape index (κ3) is 2.96. The number of carbonyl (C=O) groups excluding carboxylic acids is 1. The van der Waals surface area contributed by atoms with Crippen molar-refractivity contribution in [3.05, 3.63) is 53.5 Å². The molecule has 0 spiro atoms. The third-order valence-corrected chi connectivity index (χ3v) is 5.97. The number of rotatable bonds is 3. The second-order valence-electron chi connectivity index (χ2n) is 7.79. The molecule has 2 fully saturated rings. The molecule has 1 aromatic carbocycles. The van der Waals surface area contributed by atoms with Gasteiger partial charge in [-0.3, -0.25) is 4.79 Å². The topological polar surface area (TPSA) is 49.3 Å². The van der Waals surface area contributed by atoms with Crippen LogP contribution in [0, 0.1) is 5.92 Å². The highest BCUT2D eigenvalue weighted by Crippen LogP contribution is 2.39. The number of benzene rings is 1. The first-order chi connectivity index (χ1) is 12.8. The summed E-state index contributed by atoms with van der Waals surface area (Å²) < 4.78 is 0. The van der Waals surface area contributed by atoms with E-state index in [0.717, 1.165) is 50.5 Å². The summed E-state index contributed by atoms with van der Waals surface area (Å²) in [6, 6.07) is 10.6. The lowest BCUT2D eigenvalue weighted by atomic mass is 9.98. The molecule has 0 N–H and O–H groups in total. The van der Waals surface area contributed by atoms with Crippen LogP contribution in [0.4, 0.5) is 5.82 Å². The number of amides is 1. The van der Waals surface area contributed by atoms with Crippen LogP contribution in [0.25, 0.3) is 0 Å². The second kappa shape index (κ2) is 6.38. The van der Waals surface area contributed by atoms with Crippen LogP contribution in [0.15, 0.2) is 36.7 Å². The largest absolute Gasteiger partial charge is 0.356 e. The first kappa shape index (κ1) is 15.8. The number of hydrogen-bond donors (Lipinski definition) is 0. The molecule has 5 rings (SSSR count). The van der Waals surface area contributed by atoms with Crippen LogP contribution in [0.3, 0.4) is 0 Å². The number of carbonyl (C=O) groups is 1. The summed E-state index contributed by atoms with van der Waals surface area (Å²) in [5, 5.41) is 0. The fraction of sp³-hybridized carbons (Fsp3) is 0.476. The maximum atomic E-state index is 13.0. The van der Waals surface area contributed by atoms with Crippen molar-refractivity contribution in [2.75, 3.05) is 24.5 Å². The van der Waals surface area contributed by atoms with Gasteiger partial charge in [0.2, 0.25) is 5.91 Å². The zero-order chi connectivity index (χ0) is 17.5. The van der Waals surface area contributed by atoms with Gasteiger partial charge in [0.05, 0.1) is 5.92 Å². The van der Waals surface area contributed by atoms with E-state index in [1.54, 1.807) is 6.33 Å². The number of anilines is 1. The molecule has 0 bridgehead atoms. The fourth-order valence-electron chi connectivity index (χ4n) is 4.25. The van der Waals surface area contributed by atoms with Gasteiger partial charge in [0, 0.05) is 43.9 Å². The summed E-state index contributed by atoms with van der Waals surface area (Å²) >= 11 is 0. The molecule has 5 nitrogen and oxygen atoms in total. The van der Waals surface area contributed by atoms with Gasteiger partial charge >= 0.3 is 0 Å². The average Bonchev–Trinajstić information content (AvgIpc) is 3.44. The van der Waals surface area contributed by atoms with Crippen LogP contribution < -0.4 is 4.90 Å². The molecule has 1 aromatic heterocycles. The van der Waals surface area contributed by atoms with Crippen molar-refractivity contribution in [2.24, 2.45) is 5.92 Å². The molecule has 3 heterocycles. The maximum absolute atomic E-state index is 13.0. The van der Waals surface area contributed by atoms with Gasteiger partial charge in [-0.1, -0.05) is 24.3 Å². The fourth-order valence-corrected chi connectivity index (χ4v) is 4.25. The van der Waals surface area contributed by atoms with Crippen molar-refractivity contribution < 1.29 is 4.79 Å². The first-order valence-corrected chi connectivity index (χ1v) is 9.70. The predicted molar refractivity (Wildman–Crippen MR) is 99.9 cm³/mol. The highest BCUT2D eigenvalue weighted by atomic mass is 16.2. The van der Waals surface area contributed by atoms with Gasteiger partial charge in [0.15, 0.2) is 0 Å². The minimum absolute atomic E-state index is 0.0830. The van der Waals surface area contributed by atoms with E-state index in [-0.39, 0.29) is 5.92 Å². The monoisotopic (exact) mass is 348 g/mol. The Bertz CT molecular complexity index is 832. The lowest BCUT2D eigenvalue weighted by Crippen LogP contribution is -2.40. The molecule has 1 aliphatic carbocycles. The van der Waals surface area contributed by atoms with E-state index in [1.165, 1.54) is 24.0 Å². The van der Waals surface area contributed by atoms with Crippen LogP contribution in [0.5, 0.6) is 0 Å². The molecule has 134 valence electrons. The van der Waals surface area contributed by atoms with Crippen molar-refractivity contribution in [1.82, 2.24) is 14.9 Å². The van der Waals surface area contributed by atoms with Gasteiger partial charge in [0.1, 0.15) is 12.1 Å². The second-order valence-corrected chi connectivity index (χ2v) is 7.79. The van der Waals surface area contributed by atoms with Gasteiger partial charge in [-0.2, -0.15) is 0 Å². The average molecular weight is 348 g/mol. The minimum atomic E-state index is 0.0830. The molecule has 0 radical (unpaired) electrons. The molecule has 1 atom stereocenters. The van der Waals surface area contributed by atoms with Crippen LogP contribution >= 0.6 is 0 Å². The van der Waals surface area contributed by atoms with E-state index in [9.17, 15) is 4.79 Å². The summed E-state index contributed by atoms with van der Waals surface area (Å²) in [6.07, 6.45) is 6.05. The van der Waals surface area contributed by atoms with E-state index in [0.29, 0.717) is 11.8 Å². The molecular formula is C21H24N4O. The summed E-state index contributed by atoms with van der Waals surface area (Å²) in [7, 11) is 0. The van der Waals surface area contributed by atoms with Crippen LogP contribution in [0.2, 0.25) is 0 Å². The molecular weight excluding hydrogens is 324 g/mol. The maximum Gasteiger partial charge on any atom is 0.227 e. The lowest BCUT2D eigenvalue weighted by molar-refractivity contribution is -0.135. The van der Waals surface area contributed by atoms with Gasteiger partial charge in [-0.25, -0.2) is 9.97 Å². The van der Waals surface area contributed by atoms with Crippen LogP contribution in [-0.2, 0) is 17.8 Å². The zero-order valence-electron chi connectivity index (χ0n) is 15.0. The Morgan fingerprint density at radius 3 is 2.73 bits per heavy atom. The Morgan fingerprint density at radius 2 is 1.88 bits per heavy atom. The van der Waals surface area contributed by atoms with Crippen molar-refractivity contribution >= 4 is 11.7 Å². The Balaban J connectivity index is 1.26. The van der Waals surface area contributed by atoms with Crippen molar-refractivity contribution in [3.63, 3.8) is 0 Å². The minimum Gasteiger partial charge on any atom is -0.356 e. The SMILES string of the molecule is O=C(C1CCN(c2cc(C3CC3)ncn2)C1)N1CCc2ccccc2C1. The molecule has 2 aromatic rings. The van der Waals surface area contributed by atoms with E-state index in [4.69, 9.17) is 0 Å². The van der Waals surface area contributed by atoms with Gasteiger partial charge in [-0.05, 0) is 36.8 Å². The van der Waals surface area contributed by atoms with E-state index in [1.807, 2.05) is 4.90 Å². The predicted octanol–water partition coefficient (Wildman–Crippen LogP) is 2.77. The van der Waals surface area contributed by atoms with Gasteiger partial charge in [0.25, 0.3) is 0 Å². The van der Waals surface area contributed by atoms with Crippen LogP contribution in [-0.4, -0.2) is 40.4 Å². The Kier molecular flexibility index (Phi) is 3.88. The molecule has 5 heteroatoms. The van der Waals surface area contributed by atoms with Crippen molar-refractivity contribution in [1.29, 1.82) is 0 Å². The number of fused-ring (bicyclic) bond motifs is 1. The summed E-state index contributed by atoms with van der Waals surface area (Å²) in [4.78, 5) is 26.2. The van der Waals surface area contributed by atoms with Gasteiger partial charge < -0.3 is 9.80 Å². The Morgan fingerprint density at radius 1 is 1.04 bits per heavy atom. The molecule has 2 aliphatic heterocycles. The molecule has 3 aliphatic rings. The van der Waals surface area contributed by atoms with Crippen molar-refractivity contribution in [3.8, 4) is 0 Å². The molecule has 1 amide bonds. The lowest BCUT2D eigenvalue weighted by Gasteiger charge is -2.31. The van der Waals surface area contributed by atoms with Crippen molar-refractivity contribution in [2.45, 2.75) is 38.1 Å². The highest BCUT2D eigenvalue weighted by molar-refractivity contribution is 5.80. The van der Waals surface area contributed by atoms with E-state index in [2.05, 4.69) is 45.2 Å². The highest BCUT2D eigenvalue weighted by Gasteiger charge is 2.34. The zero-order valence-corrected chi connectivity index (χ0v) is 15.0. The Hall–Kier alpha value is -2.43. The molecule has 26 heavy (non-hydrogen) atoms. The molecule has 1 saturated carbocycles. The summed E-state index contributed by atoms with van der Waals surface area (Å²) in [5.74, 6) is 2.00. The smallest absolute Gasteiger partial charge is 0.227 e. The Labute approximate surface area is 154 Å². The number of aromatic nitrogens is 2.